The summed E-state index contributed by atoms with van der Waals surface area (Å²) in [7, 11) is 0. The van der Waals surface area contributed by atoms with Gasteiger partial charge in [0.1, 0.15) is 0 Å². The molecule has 0 bridgehead atoms. The fourth-order valence-electron chi connectivity index (χ4n) is 7.50. The number of hydrogen-bond donors (Lipinski definition) is 0. The minimum Gasteiger partial charge on any atom is -0.310 e. The van der Waals surface area contributed by atoms with Gasteiger partial charge >= 0.3 is 0 Å². The van der Waals surface area contributed by atoms with Gasteiger partial charge < -0.3 is 4.90 Å². The van der Waals surface area contributed by atoms with E-state index in [0.717, 1.165) is 23.5 Å². The quantitative estimate of drug-likeness (QED) is 0.168. The Balaban J connectivity index is 1.13. The van der Waals surface area contributed by atoms with Crippen molar-refractivity contribution >= 4 is 17.1 Å². The van der Waals surface area contributed by atoms with E-state index in [1.54, 1.807) is 0 Å². The summed E-state index contributed by atoms with van der Waals surface area (Å²) in [5.41, 5.74) is 18.8. The largest absolute Gasteiger partial charge is 0.310 e. The molecule has 0 saturated carbocycles. The van der Waals surface area contributed by atoms with Gasteiger partial charge in [-0.05, 0) is 110 Å². The maximum Gasteiger partial charge on any atom is 0.0467 e. The Labute approximate surface area is 294 Å². The standard InChI is InChI=1S/C49H35N/c1-4-13-35(14-5-1)37-23-27-42(28-24-37)50(44-21-12-20-40(33-44)36-15-6-2-7-16-36)43-29-25-39(26-30-43)45-31-32-47(38-17-8-3-9-18-38)49-46-22-11-10-19-41(46)34-48(45)49/h1-33H,34H2. The Morgan fingerprint density at radius 2 is 0.780 bits per heavy atom. The molecule has 0 atom stereocenters. The lowest BCUT2D eigenvalue weighted by molar-refractivity contribution is 1.26. The first kappa shape index (κ1) is 29.7. The third-order valence-electron chi connectivity index (χ3n) is 9.93. The molecule has 0 aromatic heterocycles. The second-order valence-electron chi connectivity index (χ2n) is 12.9. The van der Waals surface area contributed by atoms with E-state index in [4.69, 9.17) is 0 Å². The van der Waals surface area contributed by atoms with Crippen LogP contribution in [-0.4, -0.2) is 0 Å². The third kappa shape index (κ3) is 5.49. The first-order valence-electron chi connectivity index (χ1n) is 17.3. The zero-order valence-electron chi connectivity index (χ0n) is 27.7. The molecule has 0 unspecified atom stereocenters. The summed E-state index contributed by atoms with van der Waals surface area (Å²) in [5.74, 6) is 0. The molecule has 1 nitrogen and oxygen atoms in total. The van der Waals surface area contributed by atoms with E-state index in [0.29, 0.717) is 0 Å². The monoisotopic (exact) mass is 637 g/mol. The number of rotatable bonds is 7. The molecule has 0 saturated heterocycles. The van der Waals surface area contributed by atoms with Crippen molar-refractivity contribution in [3.8, 4) is 55.6 Å². The van der Waals surface area contributed by atoms with Crippen LogP contribution in [-0.2, 0) is 6.42 Å². The van der Waals surface area contributed by atoms with Crippen LogP contribution in [0.5, 0.6) is 0 Å². The molecule has 8 aromatic carbocycles. The summed E-state index contributed by atoms with van der Waals surface area (Å²) in [5, 5.41) is 0. The summed E-state index contributed by atoms with van der Waals surface area (Å²) >= 11 is 0. The van der Waals surface area contributed by atoms with Crippen LogP contribution in [0.1, 0.15) is 11.1 Å². The zero-order valence-corrected chi connectivity index (χ0v) is 27.7. The van der Waals surface area contributed by atoms with Gasteiger partial charge in [0.25, 0.3) is 0 Å². The van der Waals surface area contributed by atoms with Gasteiger partial charge in [0.2, 0.25) is 0 Å². The SMILES string of the molecule is c1ccc(-c2ccc(N(c3ccc(-c4ccc(-c5ccccc5)c5c4Cc4ccccc4-5)cc3)c3cccc(-c4ccccc4)c3)cc2)cc1. The van der Waals surface area contributed by atoms with Crippen molar-refractivity contribution in [1.29, 1.82) is 0 Å². The predicted molar refractivity (Wildman–Crippen MR) is 211 cm³/mol. The lowest BCUT2D eigenvalue weighted by atomic mass is 9.89. The third-order valence-corrected chi connectivity index (χ3v) is 9.93. The molecule has 9 rings (SSSR count). The van der Waals surface area contributed by atoms with Gasteiger partial charge in [-0.3, -0.25) is 0 Å². The van der Waals surface area contributed by atoms with Gasteiger partial charge in [0, 0.05) is 17.1 Å². The van der Waals surface area contributed by atoms with Crippen LogP contribution in [0.3, 0.4) is 0 Å². The summed E-state index contributed by atoms with van der Waals surface area (Å²) in [4.78, 5) is 2.36. The number of anilines is 3. The second-order valence-corrected chi connectivity index (χ2v) is 12.9. The molecular formula is C49H35N. The zero-order chi connectivity index (χ0) is 33.3. The van der Waals surface area contributed by atoms with E-state index in [2.05, 4.69) is 205 Å². The highest BCUT2D eigenvalue weighted by atomic mass is 15.1. The van der Waals surface area contributed by atoms with Gasteiger partial charge in [-0.1, -0.05) is 164 Å². The first-order chi connectivity index (χ1) is 24.8. The van der Waals surface area contributed by atoms with Crippen molar-refractivity contribution in [1.82, 2.24) is 0 Å². The highest BCUT2D eigenvalue weighted by molar-refractivity contribution is 5.95. The van der Waals surface area contributed by atoms with Crippen LogP contribution in [0.25, 0.3) is 55.6 Å². The van der Waals surface area contributed by atoms with E-state index in [9.17, 15) is 0 Å². The molecule has 0 spiro atoms. The molecule has 236 valence electrons. The van der Waals surface area contributed by atoms with Crippen LogP contribution < -0.4 is 4.90 Å². The lowest BCUT2D eigenvalue weighted by Gasteiger charge is -2.26. The van der Waals surface area contributed by atoms with Crippen molar-refractivity contribution in [2.75, 3.05) is 4.90 Å². The van der Waals surface area contributed by atoms with E-state index in [1.807, 2.05) is 0 Å². The Bertz CT molecular complexity index is 2410. The van der Waals surface area contributed by atoms with Crippen molar-refractivity contribution < 1.29 is 0 Å². The van der Waals surface area contributed by atoms with Crippen molar-refractivity contribution in [2.24, 2.45) is 0 Å². The van der Waals surface area contributed by atoms with Gasteiger partial charge in [-0.2, -0.15) is 0 Å². The Morgan fingerprint density at radius 1 is 0.300 bits per heavy atom. The smallest absolute Gasteiger partial charge is 0.0467 e. The Hall–Kier alpha value is -6.44. The molecule has 0 aliphatic heterocycles. The molecule has 0 fully saturated rings. The molecule has 50 heavy (non-hydrogen) atoms. The number of benzene rings is 8. The number of nitrogens with zero attached hydrogens (tertiary/aromatic N) is 1. The predicted octanol–water partition coefficient (Wildman–Crippen LogP) is 13.4. The molecule has 0 heterocycles. The summed E-state index contributed by atoms with van der Waals surface area (Å²) < 4.78 is 0. The van der Waals surface area contributed by atoms with Crippen LogP contribution >= 0.6 is 0 Å². The lowest BCUT2D eigenvalue weighted by Crippen LogP contribution is -2.10. The van der Waals surface area contributed by atoms with E-state index < -0.39 is 0 Å². The van der Waals surface area contributed by atoms with Crippen LogP contribution in [0.2, 0.25) is 0 Å². The van der Waals surface area contributed by atoms with Crippen molar-refractivity contribution in [2.45, 2.75) is 6.42 Å². The van der Waals surface area contributed by atoms with E-state index >= 15 is 0 Å². The van der Waals surface area contributed by atoms with Crippen molar-refractivity contribution in [3.05, 3.63) is 211 Å². The number of fused-ring (bicyclic) bond motifs is 3. The highest BCUT2D eigenvalue weighted by Crippen LogP contribution is 2.47. The Kier molecular flexibility index (Phi) is 7.64. The molecule has 1 aliphatic rings. The summed E-state index contributed by atoms with van der Waals surface area (Å²) in [6.07, 6.45) is 0.940. The second kappa shape index (κ2) is 12.9. The van der Waals surface area contributed by atoms with Gasteiger partial charge in [0.15, 0.2) is 0 Å². The average molecular weight is 638 g/mol. The van der Waals surface area contributed by atoms with Gasteiger partial charge in [-0.25, -0.2) is 0 Å². The molecule has 0 N–H and O–H groups in total. The molecular weight excluding hydrogens is 603 g/mol. The fourth-order valence-corrected chi connectivity index (χ4v) is 7.50. The number of hydrogen-bond acceptors (Lipinski definition) is 1. The highest BCUT2D eigenvalue weighted by Gasteiger charge is 2.25. The normalized spacial score (nSPS) is 11.5. The molecule has 1 heteroatoms. The van der Waals surface area contributed by atoms with Crippen molar-refractivity contribution in [3.63, 3.8) is 0 Å². The average Bonchev–Trinajstić information content (AvgIpc) is 3.59. The fraction of sp³-hybridized carbons (Fsp3) is 0.0204. The van der Waals surface area contributed by atoms with E-state index in [-0.39, 0.29) is 0 Å². The first-order valence-corrected chi connectivity index (χ1v) is 17.3. The maximum absolute atomic E-state index is 2.36. The minimum atomic E-state index is 0.940. The topological polar surface area (TPSA) is 3.24 Å². The Morgan fingerprint density at radius 3 is 1.44 bits per heavy atom. The molecule has 0 amide bonds. The maximum atomic E-state index is 2.36. The molecule has 1 aliphatic carbocycles. The van der Waals surface area contributed by atoms with Gasteiger partial charge in [0.05, 0.1) is 0 Å². The van der Waals surface area contributed by atoms with Gasteiger partial charge in [-0.15, -0.1) is 0 Å². The van der Waals surface area contributed by atoms with Crippen LogP contribution in [0.15, 0.2) is 200 Å². The molecule has 0 radical (unpaired) electrons. The molecule has 8 aromatic rings. The van der Waals surface area contributed by atoms with E-state index in [1.165, 1.54) is 66.8 Å². The summed E-state index contributed by atoms with van der Waals surface area (Å²) in [6, 6.07) is 72.4. The van der Waals surface area contributed by atoms with Crippen LogP contribution in [0.4, 0.5) is 17.1 Å². The minimum absolute atomic E-state index is 0.940. The summed E-state index contributed by atoms with van der Waals surface area (Å²) in [6.45, 7) is 0. The van der Waals surface area contributed by atoms with Crippen LogP contribution in [0, 0.1) is 0 Å².